The van der Waals surface area contributed by atoms with Crippen LogP contribution in [0.15, 0.2) is 5.16 Å². The quantitative estimate of drug-likeness (QED) is 0.769. The number of ether oxygens (including phenoxy) is 1. The number of carbonyl (C=O) groups is 1. The summed E-state index contributed by atoms with van der Waals surface area (Å²) in [5.41, 5.74) is 0. The molecule has 0 atom stereocenters. The van der Waals surface area contributed by atoms with Crippen LogP contribution in [0.3, 0.4) is 0 Å². The maximum absolute atomic E-state index is 10.6. The van der Waals surface area contributed by atoms with Crippen molar-refractivity contribution in [2.24, 2.45) is 0 Å². The van der Waals surface area contributed by atoms with Crippen LogP contribution in [0.25, 0.3) is 0 Å². The average Bonchev–Trinajstić information content (AvgIpc) is 2.99. The molecule has 0 spiro atoms. The second kappa shape index (κ2) is 6.91. The molecule has 0 unspecified atom stereocenters. The van der Waals surface area contributed by atoms with Crippen LogP contribution >= 0.6 is 11.8 Å². The van der Waals surface area contributed by atoms with E-state index in [1.54, 1.807) is 0 Å². The molecule has 19 heavy (non-hydrogen) atoms. The lowest BCUT2D eigenvalue weighted by molar-refractivity contribution is -0.133. The number of carboxylic acids is 1. The molecule has 1 aliphatic carbocycles. The zero-order chi connectivity index (χ0) is 13.7. The van der Waals surface area contributed by atoms with Crippen LogP contribution in [-0.4, -0.2) is 44.3 Å². The number of aliphatic carboxylic acids is 1. The number of aromatic nitrogens is 3. The Morgan fingerprint density at radius 2 is 2.21 bits per heavy atom. The molecule has 1 aromatic heterocycles. The number of aryl methyl sites for hydroxylation is 1. The summed E-state index contributed by atoms with van der Waals surface area (Å²) in [5, 5.41) is 17.3. The van der Waals surface area contributed by atoms with Crippen LogP contribution in [0.5, 0.6) is 0 Å². The van der Waals surface area contributed by atoms with Gasteiger partial charge in [0.25, 0.3) is 0 Å². The highest BCUT2D eigenvalue weighted by atomic mass is 32.2. The predicted molar refractivity (Wildman–Crippen MR) is 71.3 cm³/mol. The molecule has 7 heteroatoms. The Labute approximate surface area is 116 Å². The summed E-state index contributed by atoms with van der Waals surface area (Å²) >= 11 is 1.19. The van der Waals surface area contributed by atoms with Crippen molar-refractivity contribution in [1.29, 1.82) is 0 Å². The molecule has 1 heterocycles. The molecule has 1 fully saturated rings. The summed E-state index contributed by atoms with van der Waals surface area (Å²) in [6, 6.07) is 0. The number of hydrogen-bond donors (Lipinski definition) is 1. The van der Waals surface area contributed by atoms with Gasteiger partial charge in [0.2, 0.25) is 0 Å². The van der Waals surface area contributed by atoms with Gasteiger partial charge in [0.05, 0.1) is 18.5 Å². The van der Waals surface area contributed by atoms with Crippen LogP contribution in [0, 0.1) is 6.92 Å². The van der Waals surface area contributed by atoms with E-state index in [1.165, 1.54) is 24.6 Å². The second-order valence-electron chi connectivity index (χ2n) is 4.64. The second-order valence-corrected chi connectivity index (χ2v) is 5.58. The van der Waals surface area contributed by atoms with E-state index in [0.29, 0.717) is 24.4 Å². The van der Waals surface area contributed by atoms with E-state index in [2.05, 4.69) is 10.2 Å². The first-order valence-electron chi connectivity index (χ1n) is 6.53. The first-order chi connectivity index (χ1) is 9.16. The van der Waals surface area contributed by atoms with Crippen molar-refractivity contribution in [2.75, 3.05) is 12.4 Å². The van der Waals surface area contributed by atoms with Gasteiger partial charge in [-0.15, -0.1) is 10.2 Å². The van der Waals surface area contributed by atoms with Crippen LogP contribution < -0.4 is 0 Å². The van der Waals surface area contributed by atoms with Gasteiger partial charge in [-0.1, -0.05) is 24.6 Å². The van der Waals surface area contributed by atoms with Gasteiger partial charge in [0, 0.05) is 6.54 Å². The Morgan fingerprint density at radius 3 is 2.89 bits per heavy atom. The molecule has 0 amide bonds. The lowest BCUT2D eigenvalue weighted by Gasteiger charge is -2.12. The highest BCUT2D eigenvalue weighted by Gasteiger charge is 2.16. The molecule has 106 valence electrons. The third-order valence-electron chi connectivity index (χ3n) is 3.20. The topological polar surface area (TPSA) is 77.2 Å². The third-order valence-corrected chi connectivity index (χ3v) is 4.15. The highest BCUT2D eigenvalue weighted by molar-refractivity contribution is 7.99. The van der Waals surface area contributed by atoms with Crippen LogP contribution in [0.1, 0.15) is 31.5 Å². The number of nitrogens with zero attached hydrogens (tertiary/aromatic N) is 3. The van der Waals surface area contributed by atoms with Crippen molar-refractivity contribution in [1.82, 2.24) is 14.8 Å². The van der Waals surface area contributed by atoms with Crippen LogP contribution in [0.2, 0.25) is 0 Å². The normalized spacial score (nSPS) is 16.1. The maximum atomic E-state index is 10.6. The van der Waals surface area contributed by atoms with E-state index in [1.807, 2.05) is 11.5 Å². The van der Waals surface area contributed by atoms with Gasteiger partial charge in [0.15, 0.2) is 5.16 Å². The zero-order valence-electron chi connectivity index (χ0n) is 11.0. The van der Waals surface area contributed by atoms with Gasteiger partial charge >= 0.3 is 5.97 Å². The fourth-order valence-electron chi connectivity index (χ4n) is 2.22. The molecule has 0 saturated heterocycles. The molecular formula is C12H19N3O3S. The summed E-state index contributed by atoms with van der Waals surface area (Å²) in [4.78, 5) is 10.6. The van der Waals surface area contributed by atoms with Crippen molar-refractivity contribution in [2.45, 2.75) is 50.4 Å². The Kier molecular flexibility index (Phi) is 5.21. The molecule has 6 nitrogen and oxygen atoms in total. The van der Waals surface area contributed by atoms with Crippen molar-refractivity contribution >= 4 is 17.7 Å². The van der Waals surface area contributed by atoms with E-state index in [9.17, 15) is 4.79 Å². The van der Waals surface area contributed by atoms with Crippen molar-refractivity contribution < 1.29 is 14.6 Å². The standard InChI is InChI=1S/C12H19N3O3S/c1-9-13-14-12(19-8-11(16)17)15(9)6-7-18-10-4-2-3-5-10/h10H,2-8H2,1H3,(H,16,17). The van der Waals surface area contributed by atoms with Gasteiger partial charge in [-0.25, -0.2) is 0 Å². The molecule has 0 bridgehead atoms. The van der Waals surface area contributed by atoms with E-state index >= 15 is 0 Å². The number of carboxylic acid groups (broad SMARTS) is 1. The summed E-state index contributed by atoms with van der Waals surface area (Å²) < 4.78 is 7.73. The zero-order valence-corrected chi connectivity index (χ0v) is 11.9. The monoisotopic (exact) mass is 285 g/mol. The van der Waals surface area contributed by atoms with E-state index < -0.39 is 5.97 Å². The van der Waals surface area contributed by atoms with Crippen LogP contribution in [-0.2, 0) is 16.1 Å². The molecular weight excluding hydrogens is 266 g/mol. The SMILES string of the molecule is Cc1nnc(SCC(=O)O)n1CCOC1CCCC1. The highest BCUT2D eigenvalue weighted by Crippen LogP contribution is 2.21. The van der Waals surface area contributed by atoms with Gasteiger partial charge in [-0.3, -0.25) is 4.79 Å². The van der Waals surface area contributed by atoms with Gasteiger partial charge in [0.1, 0.15) is 5.82 Å². The minimum atomic E-state index is -0.848. The first kappa shape index (κ1) is 14.3. The fourth-order valence-corrected chi connectivity index (χ4v) is 2.95. The smallest absolute Gasteiger partial charge is 0.313 e. The van der Waals surface area contributed by atoms with Gasteiger partial charge in [-0.05, 0) is 19.8 Å². The van der Waals surface area contributed by atoms with Crippen molar-refractivity contribution in [3.05, 3.63) is 5.82 Å². The fraction of sp³-hybridized carbons (Fsp3) is 0.750. The predicted octanol–water partition coefficient (Wildman–Crippen LogP) is 1.72. The number of hydrogen-bond acceptors (Lipinski definition) is 5. The Morgan fingerprint density at radius 1 is 1.47 bits per heavy atom. The molecule has 2 rings (SSSR count). The minimum absolute atomic E-state index is 0.00160. The molecule has 0 aliphatic heterocycles. The van der Waals surface area contributed by atoms with Gasteiger partial charge < -0.3 is 14.4 Å². The largest absolute Gasteiger partial charge is 0.481 e. The van der Waals surface area contributed by atoms with Crippen LogP contribution in [0.4, 0.5) is 0 Å². The number of rotatable bonds is 7. The Bertz CT molecular complexity index is 430. The lowest BCUT2D eigenvalue weighted by atomic mass is 10.3. The molecule has 1 saturated carbocycles. The van der Waals surface area contributed by atoms with E-state index in [4.69, 9.17) is 9.84 Å². The number of thioether (sulfide) groups is 1. The van der Waals surface area contributed by atoms with E-state index in [0.717, 1.165) is 18.7 Å². The molecule has 0 radical (unpaired) electrons. The molecule has 1 aliphatic rings. The summed E-state index contributed by atoms with van der Waals surface area (Å²) in [5.74, 6) is -0.0518. The minimum Gasteiger partial charge on any atom is -0.481 e. The van der Waals surface area contributed by atoms with Gasteiger partial charge in [-0.2, -0.15) is 0 Å². The Hall–Kier alpha value is -1.08. The molecule has 1 aromatic rings. The summed E-state index contributed by atoms with van der Waals surface area (Å²) in [6.07, 6.45) is 5.22. The van der Waals surface area contributed by atoms with E-state index in [-0.39, 0.29) is 5.75 Å². The maximum Gasteiger partial charge on any atom is 0.313 e. The summed E-state index contributed by atoms with van der Waals surface area (Å²) in [7, 11) is 0. The lowest BCUT2D eigenvalue weighted by Crippen LogP contribution is -2.14. The Balaban J connectivity index is 1.83. The third kappa shape index (κ3) is 4.21. The van der Waals surface area contributed by atoms with Crippen molar-refractivity contribution in [3.63, 3.8) is 0 Å². The molecule has 0 aromatic carbocycles. The van der Waals surface area contributed by atoms with Crippen molar-refractivity contribution in [3.8, 4) is 0 Å². The summed E-state index contributed by atoms with van der Waals surface area (Å²) in [6.45, 7) is 3.18. The average molecular weight is 285 g/mol. The first-order valence-corrected chi connectivity index (χ1v) is 7.51. The molecule has 1 N–H and O–H groups in total.